The van der Waals surface area contributed by atoms with Crippen LogP contribution in [0.15, 0.2) is 42.5 Å². The highest BCUT2D eigenvalue weighted by Gasteiger charge is 2.13. The van der Waals surface area contributed by atoms with Gasteiger partial charge in [0.05, 0.1) is 7.11 Å². The van der Waals surface area contributed by atoms with Crippen molar-refractivity contribution in [3.8, 4) is 5.75 Å². The highest BCUT2D eigenvalue weighted by atomic mass is 35.5. The maximum Gasteiger partial charge on any atom is 0.341 e. The van der Waals surface area contributed by atoms with Crippen molar-refractivity contribution in [2.45, 2.75) is 6.61 Å². The van der Waals surface area contributed by atoms with E-state index in [0.717, 1.165) is 5.56 Å². The molecule has 0 aromatic heterocycles. The van der Waals surface area contributed by atoms with E-state index in [1.165, 1.54) is 13.2 Å². The molecule has 0 saturated heterocycles. The van der Waals surface area contributed by atoms with Crippen LogP contribution in [0.3, 0.4) is 0 Å². The number of rotatable bonds is 4. The SMILES string of the molecule is COC(=O)c1cc(Cl)ccc1OCc1cccc(Cl)c1. The zero-order valence-electron chi connectivity index (χ0n) is 10.7. The minimum atomic E-state index is -0.492. The van der Waals surface area contributed by atoms with Crippen molar-refractivity contribution < 1.29 is 14.3 Å². The normalized spacial score (nSPS) is 10.2. The van der Waals surface area contributed by atoms with Gasteiger partial charge in [-0.1, -0.05) is 35.3 Å². The molecule has 0 spiro atoms. The van der Waals surface area contributed by atoms with E-state index < -0.39 is 5.97 Å². The first kappa shape index (κ1) is 14.7. The number of hydrogen-bond acceptors (Lipinski definition) is 3. The Morgan fingerprint density at radius 1 is 1.10 bits per heavy atom. The van der Waals surface area contributed by atoms with Gasteiger partial charge < -0.3 is 9.47 Å². The van der Waals surface area contributed by atoms with Gasteiger partial charge in [0.1, 0.15) is 17.9 Å². The zero-order chi connectivity index (χ0) is 14.5. The Bertz CT molecular complexity index is 626. The van der Waals surface area contributed by atoms with Gasteiger partial charge in [-0.2, -0.15) is 0 Å². The minimum Gasteiger partial charge on any atom is -0.488 e. The molecule has 0 aliphatic rings. The molecule has 0 bridgehead atoms. The summed E-state index contributed by atoms with van der Waals surface area (Å²) in [5, 5.41) is 1.08. The molecule has 0 unspecified atom stereocenters. The molecule has 0 radical (unpaired) electrons. The lowest BCUT2D eigenvalue weighted by Gasteiger charge is -2.11. The third-order valence-corrected chi connectivity index (χ3v) is 3.10. The van der Waals surface area contributed by atoms with Gasteiger partial charge in [0, 0.05) is 10.0 Å². The number of esters is 1. The average Bonchev–Trinajstić information content (AvgIpc) is 2.45. The van der Waals surface area contributed by atoms with Gasteiger partial charge in [-0.25, -0.2) is 4.79 Å². The smallest absolute Gasteiger partial charge is 0.341 e. The average molecular weight is 311 g/mol. The molecule has 2 aromatic carbocycles. The van der Waals surface area contributed by atoms with Crippen molar-refractivity contribution in [1.82, 2.24) is 0 Å². The van der Waals surface area contributed by atoms with Gasteiger partial charge in [-0.3, -0.25) is 0 Å². The summed E-state index contributed by atoms with van der Waals surface area (Å²) in [6, 6.07) is 12.1. The molecule has 104 valence electrons. The molecule has 20 heavy (non-hydrogen) atoms. The van der Waals surface area contributed by atoms with Crippen LogP contribution in [0.5, 0.6) is 5.75 Å². The maximum absolute atomic E-state index is 11.7. The van der Waals surface area contributed by atoms with E-state index >= 15 is 0 Å². The number of methoxy groups -OCH3 is 1. The molecule has 0 aliphatic carbocycles. The minimum absolute atomic E-state index is 0.294. The van der Waals surface area contributed by atoms with Gasteiger partial charge in [0.25, 0.3) is 0 Å². The predicted molar refractivity (Wildman–Crippen MR) is 78.6 cm³/mol. The van der Waals surface area contributed by atoms with Gasteiger partial charge in [0.15, 0.2) is 0 Å². The second-order valence-corrected chi connectivity index (χ2v) is 4.92. The van der Waals surface area contributed by atoms with Crippen LogP contribution in [0, 0.1) is 0 Å². The van der Waals surface area contributed by atoms with Crippen LogP contribution in [0.4, 0.5) is 0 Å². The van der Waals surface area contributed by atoms with E-state index in [1.807, 2.05) is 12.1 Å². The molecule has 0 atom stereocenters. The first-order valence-corrected chi connectivity index (χ1v) is 6.61. The summed E-state index contributed by atoms with van der Waals surface area (Å²) in [5.41, 5.74) is 1.20. The predicted octanol–water partition coefficient (Wildman–Crippen LogP) is 4.36. The summed E-state index contributed by atoms with van der Waals surface area (Å²) in [6.07, 6.45) is 0. The van der Waals surface area contributed by atoms with Crippen LogP contribution < -0.4 is 4.74 Å². The third kappa shape index (κ3) is 3.65. The molecule has 0 saturated carbocycles. The van der Waals surface area contributed by atoms with Gasteiger partial charge in [-0.15, -0.1) is 0 Å². The standard InChI is InChI=1S/C15H12Cl2O3/c1-19-15(18)13-8-12(17)5-6-14(13)20-9-10-3-2-4-11(16)7-10/h2-8H,9H2,1H3. The van der Waals surface area contributed by atoms with Gasteiger partial charge in [-0.05, 0) is 35.9 Å². The Balaban J connectivity index is 2.19. The van der Waals surface area contributed by atoms with E-state index in [9.17, 15) is 4.79 Å². The molecule has 5 heteroatoms. The van der Waals surface area contributed by atoms with Crippen molar-refractivity contribution in [2.75, 3.05) is 7.11 Å². The first-order valence-electron chi connectivity index (χ1n) is 5.85. The highest BCUT2D eigenvalue weighted by molar-refractivity contribution is 6.31. The monoisotopic (exact) mass is 310 g/mol. The van der Waals surface area contributed by atoms with Crippen LogP contribution in [-0.2, 0) is 11.3 Å². The maximum atomic E-state index is 11.7. The fraction of sp³-hybridized carbons (Fsp3) is 0.133. The summed E-state index contributed by atoms with van der Waals surface area (Å²) < 4.78 is 10.3. The number of ether oxygens (including phenoxy) is 2. The fourth-order valence-electron chi connectivity index (χ4n) is 1.69. The number of carbonyl (C=O) groups excluding carboxylic acids is 1. The number of halogens is 2. The van der Waals surface area contributed by atoms with Crippen molar-refractivity contribution in [2.24, 2.45) is 0 Å². The molecule has 0 amide bonds. The van der Waals surface area contributed by atoms with E-state index in [2.05, 4.69) is 0 Å². The summed E-state index contributed by atoms with van der Waals surface area (Å²) in [7, 11) is 1.31. The number of benzene rings is 2. The Morgan fingerprint density at radius 2 is 1.85 bits per heavy atom. The van der Waals surface area contributed by atoms with Crippen molar-refractivity contribution in [1.29, 1.82) is 0 Å². The van der Waals surface area contributed by atoms with Crippen LogP contribution in [0.1, 0.15) is 15.9 Å². The second kappa shape index (κ2) is 6.64. The van der Waals surface area contributed by atoms with Crippen LogP contribution in [-0.4, -0.2) is 13.1 Å². The quantitative estimate of drug-likeness (QED) is 0.787. The Kier molecular flexibility index (Phi) is 4.88. The van der Waals surface area contributed by atoms with Crippen LogP contribution in [0.2, 0.25) is 10.0 Å². The lowest BCUT2D eigenvalue weighted by Crippen LogP contribution is -2.06. The van der Waals surface area contributed by atoms with Crippen molar-refractivity contribution in [3.05, 3.63) is 63.6 Å². The molecular formula is C15H12Cl2O3. The molecule has 3 nitrogen and oxygen atoms in total. The van der Waals surface area contributed by atoms with E-state index in [4.69, 9.17) is 32.7 Å². The molecule has 2 aromatic rings. The molecular weight excluding hydrogens is 299 g/mol. The molecule has 0 heterocycles. The Labute approximate surface area is 127 Å². The summed E-state index contributed by atoms with van der Waals surface area (Å²) in [6.45, 7) is 0.298. The van der Waals surface area contributed by atoms with E-state index in [1.54, 1.807) is 24.3 Å². The largest absolute Gasteiger partial charge is 0.488 e. The number of carbonyl (C=O) groups is 1. The Morgan fingerprint density at radius 3 is 2.55 bits per heavy atom. The second-order valence-electron chi connectivity index (χ2n) is 4.05. The highest BCUT2D eigenvalue weighted by Crippen LogP contribution is 2.25. The first-order chi connectivity index (χ1) is 9.60. The summed E-state index contributed by atoms with van der Waals surface area (Å²) in [5.74, 6) is -0.0742. The van der Waals surface area contributed by atoms with E-state index in [-0.39, 0.29) is 0 Å². The lowest BCUT2D eigenvalue weighted by atomic mass is 10.2. The topological polar surface area (TPSA) is 35.5 Å². The van der Waals surface area contributed by atoms with Crippen LogP contribution in [0.25, 0.3) is 0 Å². The van der Waals surface area contributed by atoms with Crippen molar-refractivity contribution >= 4 is 29.2 Å². The third-order valence-electron chi connectivity index (χ3n) is 2.63. The Hall–Kier alpha value is -1.71. The summed E-state index contributed by atoms with van der Waals surface area (Å²) >= 11 is 11.8. The fourth-order valence-corrected chi connectivity index (χ4v) is 2.07. The van der Waals surface area contributed by atoms with Crippen LogP contribution >= 0.6 is 23.2 Å². The molecule has 2 rings (SSSR count). The zero-order valence-corrected chi connectivity index (χ0v) is 12.2. The molecule has 0 N–H and O–H groups in total. The van der Waals surface area contributed by atoms with Gasteiger partial charge in [0.2, 0.25) is 0 Å². The molecule has 0 aliphatic heterocycles. The summed E-state index contributed by atoms with van der Waals surface area (Å²) in [4.78, 5) is 11.7. The van der Waals surface area contributed by atoms with Crippen molar-refractivity contribution in [3.63, 3.8) is 0 Å². The van der Waals surface area contributed by atoms with E-state index in [0.29, 0.717) is 28.0 Å². The molecule has 0 fully saturated rings. The number of hydrogen-bond donors (Lipinski definition) is 0. The lowest BCUT2D eigenvalue weighted by molar-refractivity contribution is 0.0595. The van der Waals surface area contributed by atoms with Gasteiger partial charge >= 0.3 is 5.97 Å².